The lowest BCUT2D eigenvalue weighted by Gasteiger charge is -2.34. The molecule has 90 valence electrons. The van der Waals surface area contributed by atoms with E-state index in [0.717, 1.165) is 0 Å². The number of nitrogens with zero attached hydrogens (tertiary/aromatic N) is 2. The second-order valence-corrected chi connectivity index (χ2v) is 5.28. The normalized spacial score (nSPS) is 13.6. The van der Waals surface area contributed by atoms with Gasteiger partial charge in [-0.3, -0.25) is 4.79 Å². The molecule has 0 aliphatic rings. The molecule has 0 aliphatic carbocycles. The van der Waals surface area contributed by atoms with Crippen LogP contribution in [0.2, 0.25) is 0 Å². The van der Waals surface area contributed by atoms with Gasteiger partial charge in [-0.25, -0.2) is 0 Å². The first kappa shape index (κ1) is 12.7. The summed E-state index contributed by atoms with van der Waals surface area (Å²) in [6.45, 7) is 10.1. The summed E-state index contributed by atoms with van der Waals surface area (Å²) in [5, 5.41) is 3.74. The van der Waals surface area contributed by atoms with Crippen molar-refractivity contribution in [2.45, 2.75) is 40.7 Å². The van der Waals surface area contributed by atoms with E-state index in [1.165, 1.54) is 0 Å². The third-order valence-corrected chi connectivity index (χ3v) is 3.00. The highest BCUT2D eigenvalue weighted by Gasteiger charge is 2.28. The first-order valence-electron chi connectivity index (χ1n) is 5.44. The molecule has 4 nitrogen and oxygen atoms in total. The van der Waals surface area contributed by atoms with Crippen LogP contribution in [0, 0.1) is 12.3 Å². The minimum atomic E-state index is -0.0979. The third-order valence-electron chi connectivity index (χ3n) is 3.00. The van der Waals surface area contributed by atoms with Crippen molar-refractivity contribution >= 4 is 5.91 Å². The number of rotatable bonds is 2. The van der Waals surface area contributed by atoms with Crippen molar-refractivity contribution in [1.29, 1.82) is 0 Å². The van der Waals surface area contributed by atoms with Crippen LogP contribution in [0.3, 0.4) is 0 Å². The maximum atomic E-state index is 12.0. The molecule has 1 amide bonds. The maximum Gasteiger partial charge on any atom is 0.276 e. The molecule has 1 heterocycles. The molecule has 0 aromatic carbocycles. The minimum absolute atomic E-state index is 0.0448. The molecule has 4 heteroatoms. The summed E-state index contributed by atoms with van der Waals surface area (Å²) < 4.78 is 4.90. The van der Waals surface area contributed by atoms with E-state index in [1.807, 2.05) is 6.92 Å². The Morgan fingerprint density at radius 3 is 2.44 bits per heavy atom. The Morgan fingerprint density at radius 1 is 1.50 bits per heavy atom. The topological polar surface area (TPSA) is 46.3 Å². The summed E-state index contributed by atoms with van der Waals surface area (Å²) in [4.78, 5) is 13.8. The van der Waals surface area contributed by atoms with Gasteiger partial charge in [0.2, 0.25) is 0 Å². The van der Waals surface area contributed by atoms with Crippen molar-refractivity contribution < 1.29 is 9.32 Å². The summed E-state index contributed by atoms with van der Waals surface area (Å²) in [6.07, 6.45) is 0. The fourth-order valence-electron chi connectivity index (χ4n) is 1.40. The molecular weight excluding hydrogens is 204 g/mol. The van der Waals surface area contributed by atoms with E-state index in [1.54, 1.807) is 24.9 Å². The smallest absolute Gasteiger partial charge is 0.276 e. The van der Waals surface area contributed by atoms with Gasteiger partial charge in [-0.15, -0.1) is 0 Å². The number of hydrogen-bond donors (Lipinski definition) is 0. The lowest BCUT2D eigenvalue weighted by molar-refractivity contribution is 0.0619. The van der Waals surface area contributed by atoms with Crippen molar-refractivity contribution in [2.75, 3.05) is 7.05 Å². The highest BCUT2D eigenvalue weighted by atomic mass is 16.5. The van der Waals surface area contributed by atoms with Gasteiger partial charge in [-0.1, -0.05) is 25.9 Å². The molecule has 0 unspecified atom stereocenters. The zero-order chi connectivity index (χ0) is 12.5. The van der Waals surface area contributed by atoms with Crippen LogP contribution in [0.25, 0.3) is 0 Å². The number of aromatic nitrogens is 1. The van der Waals surface area contributed by atoms with Crippen LogP contribution in [0.4, 0.5) is 0 Å². The molecule has 1 aromatic heterocycles. The zero-order valence-corrected chi connectivity index (χ0v) is 10.9. The molecule has 0 bridgehead atoms. The van der Waals surface area contributed by atoms with Crippen molar-refractivity contribution in [3.63, 3.8) is 0 Å². The number of aryl methyl sites for hydroxylation is 1. The highest BCUT2D eigenvalue weighted by molar-refractivity contribution is 5.92. The van der Waals surface area contributed by atoms with Gasteiger partial charge in [0.15, 0.2) is 5.69 Å². The van der Waals surface area contributed by atoms with Gasteiger partial charge in [0.05, 0.1) is 0 Å². The second kappa shape index (κ2) is 4.28. The van der Waals surface area contributed by atoms with E-state index in [0.29, 0.717) is 11.5 Å². The fourth-order valence-corrected chi connectivity index (χ4v) is 1.40. The van der Waals surface area contributed by atoms with Crippen molar-refractivity contribution in [2.24, 2.45) is 5.41 Å². The van der Waals surface area contributed by atoms with Gasteiger partial charge in [0.25, 0.3) is 5.91 Å². The Hall–Kier alpha value is -1.32. The molecule has 1 rings (SSSR count). The highest BCUT2D eigenvalue weighted by Crippen LogP contribution is 2.24. The molecule has 1 atom stereocenters. The van der Waals surface area contributed by atoms with Crippen LogP contribution in [-0.2, 0) is 0 Å². The van der Waals surface area contributed by atoms with Crippen molar-refractivity contribution in [3.8, 4) is 0 Å². The third kappa shape index (κ3) is 2.62. The maximum absolute atomic E-state index is 12.0. The molecule has 0 saturated heterocycles. The molecule has 1 aromatic rings. The molecule has 0 aliphatic heterocycles. The van der Waals surface area contributed by atoms with Crippen LogP contribution in [0.5, 0.6) is 0 Å². The SMILES string of the molecule is Cc1cc(C(=O)N(C)[C@H](C)C(C)(C)C)no1. The van der Waals surface area contributed by atoms with Gasteiger partial charge in [0, 0.05) is 19.2 Å². The average Bonchev–Trinajstić information content (AvgIpc) is 2.60. The molecule has 0 spiro atoms. The Balaban J connectivity index is 2.83. The van der Waals surface area contributed by atoms with Crippen LogP contribution in [-0.4, -0.2) is 29.1 Å². The first-order chi connectivity index (χ1) is 7.23. The van der Waals surface area contributed by atoms with Crippen molar-refractivity contribution in [1.82, 2.24) is 10.1 Å². The zero-order valence-electron chi connectivity index (χ0n) is 10.9. The van der Waals surface area contributed by atoms with Gasteiger partial charge in [-0.2, -0.15) is 0 Å². The summed E-state index contributed by atoms with van der Waals surface area (Å²) in [5.74, 6) is 0.555. The van der Waals surface area contributed by atoms with Crippen LogP contribution in [0.1, 0.15) is 43.9 Å². The predicted molar refractivity (Wildman–Crippen MR) is 62.3 cm³/mol. The van der Waals surface area contributed by atoms with Gasteiger partial charge >= 0.3 is 0 Å². The first-order valence-corrected chi connectivity index (χ1v) is 5.44. The molecule has 0 N–H and O–H groups in total. The molecule has 16 heavy (non-hydrogen) atoms. The predicted octanol–water partition coefficient (Wildman–Crippen LogP) is 2.49. The average molecular weight is 224 g/mol. The number of hydrogen-bond acceptors (Lipinski definition) is 3. The number of carbonyl (C=O) groups excluding carboxylic acids is 1. The van der Waals surface area contributed by atoms with E-state index in [9.17, 15) is 4.79 Å². The Morgan fingerprint density at radius 2 is 2.06 bits per heavy atom. The van der Waals surface area contributed by atoms with Crippen LogP contribution >= 0.6 is 0 Å². The Kier molecular flexibility index (Phi) is 3.41. The molecule has 0 fully saturated rings. The summed E-state index contributed by atoms with van der Waals surface area (Å²) in [6, 6.07) is 1.80. The number of carbonyl (C=O) groups is 1. The van der Waals surface area contributed by atoms with E-state index >= 15 is 0 Å². The molecule has 0 saturated carbocycles. The Bertz CT molecular complexity index is 377. The molecule has 0 radical (unpaired) electrons. The minimum Gasteiger partial charge on any atom is -0.361 e. The summed E-state index contributed by atoms with van der Waals surface area (Å²) >= 11 is 0. The lowest BCUT2D eigenvalue weighted by atomic mass is 9.87. The standard InChI is InChI=1S/C12H20N2O2/c1-8-7-10(13-16-8)11(15)14(6)9(2)12(3,4)5/h7,9H,1-6H3/t9-/m1/s1. The van der Waals surface area contributed by atoms with Gasteiger partial charge in [-0.05, 0) is 19.3 Å². The van der Waals surface area contributed by atoms with Crippen LogP contribution < -0.4 is 0 Å². The van der Waals surface area contributed by atoms with Gasteiger partial charge in [0.1, 0.15) is 5.76 Å². The van der Waals surface area contributed by atoms with Crippen molar-refractivity contribution in [3.05, 3.63) is 17.5 Å². The fraction of sp³-hybridized carbons (Fsp3) is 0.667. The largest absolute Gasteiger partial charge is 0.361 e. The number of amides is 1. The quantitative estimate of drug-likeness (QED) is 0.775. The van der Waals surface area contributed by atoms with E-state index < -0.39 is 0 Å². The van der Waals surface area contributed by atoms with E-state index in [2.05, 4.69) is 25.9 Å². The second-order valence-electron chi connectivity index (χ2n) is 5.28. The van der Waals surface area contributed by atoms with E-state index in [4.69, 9.17) is 4.52 Å². The summed E-state index contributed by atoms with van der Waals surface area (Å²) in [7, 11) is 1.79. The van der Waals surface area contributed by atoms with E-state index in [-0.39, 0.29) is 17.4 Å². The lowest BCUT2D eigenvalue weighted by Crippen LogP contribution is -2.43. The van der Waals surface area contributed by atoms with Crippen LogP contribution in [0.15, 0.2) is 10.6 Å². The molecular formula is C12H20N2O2. The Labute approximate surface area is 96.6 Å². The summed E-state index contributed by atoms with van der Waals surface area (Å²) in [5.41, 5.74) is 0.416. The monoisotopic (exact) mass is 224 g/mol. The van der Waals surface area contributed by atoms with Gasteiger partial charge < -0.3 is 9.42 Å².